The zero-order valence-corrected chi connectivity index (χ0v) is 14.9. The highest BCUT2D eigenvalue weighted by atomic mass is 15.2. The molecule has 0 spiro atoms. The molecule has 3 heteroatoms. The van der Waals surface area contributed by atoms with Crippen molar-refractivity contribution in [3.8, 4) is 0 Å². The van der Waals surface area contributed by atoms with Crippen LogP contribution < -0.4 is 0 Å². The molecule has 3 nitrogen and oxygen atoms in total. The maximum absolute atomic E-state index is 8.27. The van der Waals surface area contributed by atoms with E-state index in [0.717, 1.165) is 50.9 Å². The van der Waals surface area contributed by atoms with Crippen LogP contribution in [0.5, 0.6) is 0 Å². The minimum absolute atomic E-state index is 0.431. The average molecular weight is 316 g/mol. The second-order valence-electron chi connectivity index (χ2n) is 7.13. The molecule has 1 saturated heterocycles. The molecule has 0 unspecified atom stereocenters. The molecule has 0 aromatic rings. The van der Waals surface area contributed by atoms with Crippen LogP contribution in [-0.2, 0) is 0 Å². The molecule has 2 fully saturated rings. The Morgan fingerprint density at radius 2 is 1.61 bits per heavy atom. The van der Waals surface area contributed by atoms with Crippen molar-refractivity contribution in [2.45, 2.75) is 65.2 Å². The summed E-state index contributed by atoms with van der Waals surface area (Å²) in [4.78, 5) is 2.17. The predicted octanol–water partition coefficient (Wildman–Crippen LogP) is 5.19. The van der Waals surface area contributed by atoms with Gasteiger partial charge in [0.1, 0.15) is 5.84 Å². The first-order valence-electron chi connectivity index (χ1n) is 9.38. The lowest BCUT2D eigenvalue weighted by Gasteiger charge is -2.33. The number of hydrogen-bond donors (Lipinski definition) is 2. The molecule has 1 aliphatic heterocycles. The van der Waals surface area contributed by atoms with E-state index in [2.05, 4.69) is 24.8 Å². The van der Waals surface area contributed by atoms with Crippen LogP contribution in [-0.4, -0.2) is 29.5 Å². The number of nitrogens with one attached hydrogen (secondary N) is 2. The van der Waals surface area contributed by atoms with Crippen LogP contribution in [0.3, 0.4) is 0 Å². The Balaban J connectivity index is 1.79. The summed E-state index contributed by atoms with van der Waals surface area (Å²) in [6.07, 6.45) is 15.7. The fourth-order valence-corrected chi connectivity index (χ4v) is 3.89. The smallest absolute Gasteiger partial charge is 0.120 e. The van der Waals surface area contributed by atoms with Crippen molar-refractivity contribution in [1.82, 2.24) is 4.90 Å². The number of hydrogen-bond acceptors (Lipinski definition) is 2. The summed E-state index contributed by atoms with van der Waals surface area (Å²) in [6, 6.07) is 0. The lowest BCUT2D eigenvalue weighted by atomic mass is 9.85. The Kier molecular flexibility index (Phi) is 7.07. The third-order valence-electron chi connectivity index (χ3n) is 5.47. The van der Waals surface area contributed by atoms with Gasteiger partial charge in [-0.3, -0.25) is 5.41 Å². The molecule has 0 atom stereocenters. The van der Waals surface area contributed by atoms with Crippen molar-refractivity contribution in [3.63, 3.8) is 0 Å². The van der Waals surface area contributed by atoms with Crippen molar-refractivity contribution in [1.29, 1.82) is 10.8 Å². The van der Waals surface area contributed by atoms with Gasteiger partial charge in [-0.2, -0.15) is 0 Å². The zero-order chi connectivity index (χ0) is 16.7. The van der Waals surface area contributed by atoms with Crippen molar-refractivity contribution >= 4 is 11.5 Å². The van der Waals surface area contributed by atoms with Gasteiger partial charge in [-0.25, -0.2) is 0 Å². The second-order valence-corrected chi connectivity index (χ2v) is 7.13. The molecular weight excluding hydrogens is 282 g/mol. The molecule has 0 radical (unpaired) electrons. The lowest BCUT2D eigenvalue weighted by molar-refractivity contribution is 0.290. The van der Waals surface area contributed by atoms with Gasteiger partial charge in [0.05, 0.1) is 0 Å². The van der Waals surface area contributed by atoms with E-state index in [1.165, 1.54) is 24.8 Å². The Morgan fingerprint density at radius 1 is 0.957 bits per heavy atom. The van der Waals surface area contributed by atoms with Crippen LogP contribution in [0.25, 0.3) is 0 Å². The van der Waals surface area contributed by atoms with Crippen molar-refractivity contribution in [3.05, 3.63) is 23.8 Å². The quantitative estimate of drug-likeness (QED) is 0.409. The second kappa shape index (κ2) is 9.05. The van der Waals surface area contributed by atoms with Gasteiger partial charge in [0.2, 0.25) is 0 Å². The van der Waals surface area contributed by atoms with E-state index in [1.807, 2.05) is 12.2 Å². The molecule has 0 amide bonds. The summed E-state index contributed by atoms with van der Waals surface area (Å²) >= 11 is 0. The molecule has 23 heavy (non-hydrogen) atoms. The molecule has 1 heterocycles. The maximum atomic E-state index is 8.27. The van der Waals surface area contributed by atoms with Crippen LogP contribution >= 0.6 is 0 Å². The molecule has 128 valence electrons. The minimum Gasteiger partial charge on any atom is -0.357 e. The Morgan fingerprint density at radius 3 is 2.22 bits per heavy atom. The van der Waals surface area contributed by atoms with E-state index in [0.29, 0.717) is 17.7 Å². The van der Waals surface area contributed by atoms with E-state index in [4.69, 9.17) is 10.8 Å². The highest BCUT2D eigenvalue weighted by Crippen LogP contribution is 2.26. The fraction of sp³-hybridized carbons (Fsp3) is 0.700. The highest BCUT2D eigenvalue weighted by molar-refractivity contribution is 6.01. The largest absolute Gasteiger partial charge is 0.357 e. The molecule has 1 saturated carbocycles. The molecule has 2 N–H and O–H groups in total. The van der Waals surface area contributed by atoms with Gasteiger partial charge in [0.25, 0.3) is 0 Å². The molecule has 2 aliphatic rings. The fourth-order valence-electron chi connectivity index (χ4n) is 3.89. The molecule has 2 rings (SSSR count). The number of piperidine rings is 1. The summed E-state index contributed by atoms with van der Waals surface area (Å²) in [7, 11) is 0. The highest BCUT2D eigenvalue weighted by Gasteiger charge is 2.21. The van der Waals surface area contributed by atoms with Gasteiger partial charge in [0.15, 0.2) is 0 Å². The van der Waals surface area contributed by atoms with Crippen LogP contribution in [0.15, 0.2) is 23.8 Å². The first-order valence-corrected chi connectivity index (χ1v) is 9.38. The first-order chi connectivity index (χ1) is 11.1. The zero-order valence-electron chi connectivity index (χ0n) is 14.9. The standard InChI is InChI=1S/C20H33N3/c1-3-7-16(2)17-12-14-23(15-13-17)20(22)11-10-19(21)18-8-5-4-6-9-18/h7,10-11,17-18,21-22H,3-6,8-9,12-15H2,1-2H3/b11-10-,16-7+,21-19?,22-20?. The van der Waals surface area contributed by atoms with E-state index < -0.39 is 0 Å². The van der Waals surface area contributed by atoms with Gasteiger partial charge >= 0.3 is 0 Å². The molecule has 0 aromatic carbocycles. The Labute approximate surface area is 141 Å². The molecule has 1 aliphatic carbocycles. The van der Waals surface area contributed by atoms with E-state index in [1.54, 1.807) is 0 Å². The molecule has 0 bridgehead atoms. The van der Waals surface area contributed by atoms with Crippen molar-refractivity contribution < 1.29 is 0 Å². The summed E-state index contributed by atoms with van der Waals surface area (Å²) in [5.74, 6) is 1.71. The Bertz CT molecular complexity index is 461. The van der Waals surface area contributed by atoms with Crippen LogP contribution in [0, 0.1) is 22.7 Å². The minimum atomic E-state index is 0.431. The van der Waals surface area contributed by atoms with Crippen LogP contribution in [0.1, 0.15) is 65.2 Å². The number of amidine groups is 1. The summed E-state index contributed by atoms with van der Waals surface area (Å²) < 4.78 is 0. The predicted molar refractivity (Wildman–Crippen MR) is 99.5 cm³/mol. The number of likely N-dealkylation sites (tertiary alicyclic amines) is 1. The normalized spacial score (nSPS) is 21.8. The first kappa shape index (κ1) is 18.0. The molecular formula is C20H33N3. The Hall–Kier alpha value is -1.38. The monoisotopic (exact) mass is 315 g/mol. The number of rotatable bonds is 5. The van der Waals surface area contributed by atoms with Crippen molar-refractivity contribution in [2.75, 3.05) is 13.1 Å². The van der Waals surface area contributed by atoms with Gasteiger partial charge in [0, 0.05) is 24.7 Å². The molecule has 0 aromatic heterocycles. The summed E-state index contributed by atoms with van der Waals surface area (Å²) in [5, 5.41) is 16.5. The van der Waals surface area contributed by atoms with Crippen LogP contribution in [0.2, 0.25) is 0 Å². The van der Waals surface area contributed by atoms with E-state index in [-0.39, 0.29) is 0 Å². The number of allylic oxidation sites excluding steroid dienone is 3. The topological polar surface area (TPSA) is 50.9 Å². The summed E-state index contributed by atoms with van der Waals surface area (Å²) in [5.41, 5.74) is 2.25. The third kappa shape index (κ3) is 5.33. The van der Waals surface area contributed by atoms with Crippen LogP contribution in [0.4, 0.5) is 0 Å². The maximum Gasteiger partial charge on any atom is 0.120 e. The van der Waals surface area contributed by atoms with Gasteiger partial charge in [-0.1, -0.05) is 37.8 Å². The SMILES string of the molecule is CC/C=C(\C)C1CCN(C(=N)/C=C\C(=N)C2CCCCC2)CC1. The van der Waals surface area contributed by atoms with Gasteiger partial charge in [-0.15, -0.1) is 0 Å². The van der Waals surface area contributed by atoms with Crippen molar-refractivity contribution in [2.24, 2.45) is 11.8 Å². The van der Waals surface area contributed by atoms with E-state index in [9.17, 15) is 0 Å². The lowest BCUT2D eigenvalue weighted by Crippen LogP contribution is -2.37. The summed E-state index contributed by atoms with van der Waals surface area (Å²) in [6.45, 7) is 6.39. The average Bonchev–Trinajstić information content (AvgIpc) is 2.60. The van der Waals surface area contributed by atoms with Gasteiger partial charge < -0.3 is 10.3 Å². The number of nitrogens with zero attached hydrogens (tertiary/aromatic N) is 1. The van der Waals surface area contributed by atoms with E-state index >= 15 is 0 Å². The third-order valence-corrected chi connectivity index (χ3v) is 5.47. The van der Waals surface area contributed by atoms with Gasteiger partial charge in [-0.05, 0) is 57.1 Å².